The molecule has 0 spiro atoms. The Morgan fingerprint density at radius 2 is 1.44 bits per heavy atom. The molecule has 1 aromatic carbocycles. The fraction of sp³-hybridized carbons (Fsp3) is 0.438. The summed E-state index contributed by atoms with van der Waals surface area (Å²) in [5.41, 5.74) is -4.88. The average Bonchev–Trinajstić information content (AvgIpc) is 3.13. The fourth-order valence-corrected chi connectivity index (χ4v) is 3.01. The van der Waals surface area contributed by atoms with E-state index in [9.17, 15) is 57.1 Å². The molecule has 32 heavy (non-hydrogen) atoms. The van der Waals surface area contributed by atoms with Crippen molar-refractivity contribution in [2.24, 2.45) is 0 Å². The van der Waals surface area contributed by atoms with Crippen LogP contribution in [0.5, 0.6) is 0 Å². The molecule has 0 fully saturated rings. The summed E-state index contributed by atoms with van der Waals surface area (Å²) < 4.78 is 173. The maximum atomic E-state index is 14.2. The maximum absolute atomic E-state index is 14.2. The van der Waals surface area contributed by atoms with Gasteiger partial charge in [-0.05, 0) is 24.6 Å². The summed E-state index contributed by atoms with van der Waals surface area (Å²) in [5.74, 6) is -24.3. The molecule has 0 radical (unpaired) electrons. The average molecular weight is 509 g/mol. The molecule has 0 aliphatic heterocycles. The minimum absolute atomic E-state index is 0.107. The van der Waals surface area contributed by atoms with E-state index in [2.05, 4.69) is 9.68 Å². The van der Waals surface area contributed by atoms with Crippen molar-refractivity contribution in [1.29, 1.82) is 0 Å². The molecule has 1 unspecified atom stereocenters. The monoisotopic (exact) mass is 509 g/mol. The van der Waals surface area contributed by atoms with Crippen LogP contribution in [0.3, 0.4) is 0 Å². The van der Waals surface area contributed by atoms with Gasteiger partial charge in [0.25, 0.3) is 6.43 Å². The van der Waals surface area contributed by atoms with Gasteiger partial charge in [-0.1, -0.05) is 16.9 Å². The second kappa shape index (κ2) is 8.33. The fourth-order valence-electron chi connectivity index (χ4n) is 2.23. The molecule has 2 nitrogen and oxygen atoms in total. The lowest BCUT2D eigenvalue weighted by Crippen LogP contribution is -2.59. The highest BCUT2D eigenvalue weighted by Crippen LogP contribution is 2.56. The predicted molar refractivity (Wildman–Crippen MR) is 83.2 cm³/mol. The molecule has 0 aliphatic carbocycles. The van der Waals surface area contributed by atoms with Gasteiger partial charge in [0.2, 0.25) is 11.3 Å². The van der Waals surface area contributed by atoms with E-state index < -0.39 is 58.7 Å². The predicted octanol–water partition coefficient (Wildman–Crippen LogP) is 7.37. The van der Waals surface area contributed by atoms with Gasteiger partial charge in [0.15, 0.2) is 0 Å². The lowest BCUT2D eigenvalue weighted by Gasteiger charge is -2.32. The number of hydrogen-bond acceptors (Lipinski definition) is 3. The standard InChI is InChI=1S/C16H8F13NOS/c1-5-2-7(17)6(3-9(5)32-12(20)11(18)19)8-4-10(31-30-8)13(21,22)14(23,24)15(25,26)16(27,28)29/h2-4,11-12H,1H3. The van der Waals surface area contributed by atoms with Gasteiger partial charge in [0.1, 0.15) is 11.5 Å². The lowest BCUT2D eigenvalue weighted by atomic mass is 10.0. The molecular formula is C16H8F13NOS. The van der Waals surface area contributed by atoms with Crippen LogP contribution in [0.25, 0.3) is 11.3 Å². The van der Waals surface area contributed by atoms with Gasteiger partial charge in [0.05, 0.1) is 0 Å². The first-order chi connectivity index (χ1) is 14.3. The SMILES string of the molecule is Cc1cc(F)c(-c2cc(C(F)(F)C(F)(F)C(F)(F)C(F)(F)F)on2)cc1SC(F)C(F)F. The largest absolute Gasteiger partial charge is 0.460 e. The number of aromatic nitrogens is 1. The first-order valence-electron chi connectivity index (χ1n) is 7.91. The molecule has 0 aliphatic rings. The first kappa shape index (κ1) is 26.1. The van der Waals surface area contributed by atoms with Gasteiger partial charge >= 0.3 is 23.9 Å². The minimum atomic E-state index is -7.19. The number of rotatable bonds is 7. The van der Waals surface area contributed by atoms with Gasteiger partial charge in [-0.25, -0.2) is 17.6 Å². The molecule has 0 saturated heterocycles. The Labute approximate surface area is 173 Å². The van der Waals surface area contributed by atoms with Gasteiger partial charge < -0.3 is 4.52 Å². The van der Waals surface area contributed by atoms with Crippen molar-refractivity contribution < 1.29 is 61.6 Å². The highest BCUT2D eigenvalue weighted by molar-refractivity contribution is 7.99. The van der Waals surface area contributed by atoms with Crippen LogP contribution >= 0.6 is 11.8 Å². The van der Waals surface area contributed by atoms with Crippen LogP contribution in [0.15, 0.2) is 27.6 Å². The van der Waals surface area contributed by atoms with Crippen LogP contribution in [0, 0.1) is 12.7 Å². The summed E-state index contributed by atoms with van der Waals surface area (Å²) in [7, 11) is 0. The second-order valence-corrected chi connectivity index (χ2v) is 7.32. The van der Waals surface area contributed by atoms with Crippen LogP contribution in [0.2, 0.25) is 0 Å². The summed E-state index contributed by atoms with van der Waals surface area (Å²) in [6.07, 6.45) is -10.5. The van der Waals surface area contributed by atoms with Gasteiger partial charge in [-0.3, -0.25) is 0 Å². The van der Waals surface area contributed by atoms with Crippen molar-refractivity contribution in [3.8, 4) is 11.3 Å². The van der Waals surface area contributed by atoms with E-state index >= 15 is 0 Å². The molecule has 2 rings (SSSR count). The van der Waals surface area contributed by atoms with Crippen LogP contribution < -0.4 is 0 Å². The van der Waals surface area contributed by atoms with E-state index in [1.54, 1.807) is 0 Å². The Kier molecular flexibility index (Phi) is 6.80. The lowest BCUT2D eigenvalue weighted by molar-refractivity contribution is -0.401. The van der Waals surface area contributed by atoms with Crippen LogP contribution in [0.4, 0.5) is 57.1 Å². The zero-order valence-corrected chi connectivity index (χ0v) is 15.9. The van der Waals surface area contributed by atoms with E-state index in [0.717, 1.165) is 6.92 Å². The Morgan fingerprint density at radius 3 is 1.94 bits per heavy atom. The van der Waals surface area contributed by atoms with E-state index in [1.165, 1.54) is 0 Å². The molecular weight excluding hydrogens is 501 g/mol. The number of alkyl halides is 12. The quantitative estimate of drug-likeness (QED) is 0.288. The number of nitrogens with zero attached hydrogens (tertiary/aromatic N) is 1. The third-order valence-electron chi connectivity index (χ3n) is 3.94. The maximum Gasteiger partial charge on any atom is 0.460 e. The van der Waals surface area contributed by atoms with Crippen LogP contribution in [-0.2, 0) is 5.92 Å². The van der Waals surface area contributed by atoms with E-state index in [0.29, 0.717) is 12.1 Å². The smallest absolute Gasteiger partial charge is 0.354 e. The van der Waals surface area contributed by atoms with Crippen LogP contribution in [0.1, 0.15) is 11.3 Å². The number of benzene rings is 1. The van der Waals surface area contributed by atoms with Crippen molar-refractivity contribution in [2.75, 3.05) is 0 Å². The minimum Gasteiger partial charge on any atom is -0.354 e. The Hall–Kier alpha value is -2.13. The van der Waals surface area contributed by atoms with Crippen molar-refractivity contribution in [2.45, 2.75) is 47.7 Å². The molecule has 2 aromatic rings. The molecule has 1 aromatic heterocycles. The highest BCUT2D eigenvalue weighted by Gasteiger charge is 2.83. The molecule has 1 atom stereocenters. The van der Waals surface area contributed by atoms with E-state index in [1.807, 2.05) is 0 Å². The Bertz CT molecular complexity index is 969. The van der Waals surface area contributed by atoms with Gasteiger partial charge in [-0.15, -0.1) is 0 Å². The number of hydrogen-bond donors (Lipinski definition) is 0. The molecule has 180 valence electrons. The molecule has 1 heterocycles. The Morgan fingerprint density at radius 1 is 0.875 bits per heavy atom. The number of aryl methyl sites for hydroxylation is 1. The first-order valence-corrected chi connectivity index (χ1v) is 8.79. The van der Waals surface area contributed by atoms with E-state index in [-0.39, 0.29) is 28.3 Å². The van der Waals surface area contributed by atoms with Crippen molar-refractivity contribution >= 4 is 11.8 Å². The van der Waals surface area contributed by atoms with Crippen molar-refractivity contribution in [3.63, 3.8) is 0 Å². The van der Waals surface area contributed by atoms with Gasteiger partial charge in [0, 0.05) is 16.5 Å². The zero-order chi connectivity index (χ0) is 24.9. The third-order valence-corrected chi connectivity index (χ3v) is 5.07. The summed E-state index contributed by atoms with van der Waals surface area (Å²) in [6.45, 7) is 1.15. The van der Waals surface area contributed by atoms with Gasteiger partial charge in [-0.2, -0.15) is 39.5 Å². The normalized spacial score (nSPS) is 14.8. The summed E-state index contributed by atoms with van der Waals surface area (Å²) in [5, 5.41) is 2.75. The van der Waals surface area contributed by atoms with Crippen molar-refractivity contribution in [1.82, 2.24) is 5.16 Å². The topological polar surface area (TPSA) is 26.0 Å². The number of thioether (sulfide) groups is 1. The second-order valence-electron chi connectivity index (χ2n) is 6.20. The summed E-state index contributed by atoms with van der Waals surface area (Å²) in [6, 6.07) is 0.976. The molecule has 0 saturated carbocycles. The highest BCUT2D eigenvalue weighted by atomic mass is 32.2. The summed E-state index contributed by atoms with van der Waals surface area (Å²) >= 11 is -0.116. The zero-order valence-electron chi connectivity index (χ0n) is 15.1. The number of halogens is 13. The van der Waals surface area contributed by atoms with Crippen LogP contribution in [-0.4, -0.2) is 35.1 Å². The summed E-state index contributed by atoms with van der Waals surface area (Å²) in [4.78, 5) is -0.362. The molecule has 16 heteroatoms. The molecule has 0 bridgehead atoms. The Balaban J connectivity index is 2.50. The molecule has 0 amide bonds. The van der Waals surface area contributed by atoms with E-state index in [4.69, 9.17) is 0 Å². The molecule has 0 N–H and O–H groups in total. The van der Waals surface area contributed by atoms with Crippen molar-refractivity contribution in [3.05, 3.63) is 35.3 Å². The third kappa shape index (κ3) is 4.37.